The number of nitrogens with zero attached hydrogens (tertiary/aromatic N) is 2. The molecule has 5 heteroatoms. The number of aromatic nitrogens is 2. The summed E-state index contributed by atoms with van der Waals surface area (Å²) >= 11 is 0. The van der Waals surface area contributed by atoms with Crippen molar-refractivity contribution < 1.29 is 9.21 Å². The van der Waals surface area contributed by atoms with Crippen molar-refractivity contribution in [1.82, 2.24) is 14.9 Å². The number of carbonyl (C=O) groups is 1. The van der Waals surface area contributed by atoms with Gasteiger partial charge in [0, 0.05) is 31.4 Å². The zero-order chi connectivity index (χ0) is 13.7. The summed E-state index contributed by atoms with van der Waals surface area (Å²) in [7, 11) is 0. The van der Waals surface area contributed by atoms with E-state index < -0.39 is 0 Å². The van der Waals surface area contributed by atoms with E-state index in [4.69, 9.17) is 4.42 Å². The molecule has 5 nitrogen and oxygen atoms in total. The van der Waals surface area contributed by atoms with Crippen LogP contribution in [-0.2, 0) is 13.0 Å². The van der Waals surface area contributed by atoms with Crippen LogP contribution < -0.4 is 5.32 Å². The van der Waals surface area contributed by atoms with E-state index in [2.05, 4.69) is 28.7 Å². The number of amides is 1. The highest BCUT2D eigenvalue weighted by Crippen LogP contribution is 2.06. The summed E-state index contributed by atoms with van der Waals surface area (Å²) < 4.78 is 7.08. The van der Waals surface area contributed by atoms with Crippen molar-refractivity contribution in [3.8, 4) is 0 Å². The molecule has 0 aromatic carbocycles. The van der Waals surface area contributed by atoms with Crippen LogP contribution in [0.3, 0.4) is 0 Å². The molecular formula is C14H19N3O2. The molecule has 1 N–H and O–H groups in total. The summed E-state index contributed by atoms with van der Waals surface area (Å²) in [6, 6.07) is 1.65. The van der Waals surface area contributed by atoms with Gasteiger partial charge in [0.25, 0.3) is 5.91 Å². The first-order valence-electron chi connectivity index (χ1n) is 6.53. The number of aryl methyl sites for hydroxylation is 1. The van der Waals surface area contributed by atoms with E-state index in [1.165, 1.54) is 12.5 Å². The molecule has 1 amide bonds. The van der Waals surface area contributed by atoms with E-state index in [0.717, 1.165) is 30.9 Å². The van der Waals surface area contributed by atoms with Gasteiger partial charge >= 0.3 is 0 Å². The molecule has 2 aromatic rings. The maximum absolute atomic E-state index is 11.7. The number of nitrogens with one attached hydrogen (secondary N) is 1. The Labute approximate surface area is 112 Å². The largest absolute Gasteiger partial charge is 0.472 e. The average molecular weight is 261 g/mol. The second-order valence-corrected chi connectivity index (χ2v) is 4.49. The summed E-state index contributed by atoms with van der Waals surface area (Å²) in [4.78, 5) is 16.1. The van der Waals surface area contributed by atoms with Gasteiger partial charge in [-0.2, -0.15) is 0 Å². The Bertz CT molecular complexity index is 529. The maximum atomic E-state index is 11.7. The molecule has 2 heterocycles. The Morgan fingerprint density at radius 3 is 3.05 bits per heavy atom. The van der Waals surface area contributed by atoms with Crippen LogP contribution in [0.1, 0.15) is 35.2 Å². The summed E-state index contributed by atoms with van der Waals surface area (Å²) in [6.45, 7) is 5.74. The first-order chi connectivity index (χ1) is 9.22. The Morgan fingerprint density at radius 1 is 1.53 bits per heavy atom. The van der Waals surface area contributed by atoms with Gasteiger partial charge in [0.2, 0.25) is 0 Å². The van der Waals surface area contributed by atoms with E-state index in [-0.39, 0.29) is 5.91 Å². The van der Waals surface area contributed by atoms with Gasteiger partial charge in [0.05, 0.1) is 11.8 Å². The Balaban J connectivity index is 1.87. The molecule has 0 fully saturated rings. The van der Waals surface area contributed by atoms with Crippen LogP contribution in [0.2, 0.25) is 0 Å². The molecule has 0 radical (unpaired) electrons. The van der Waals surface area contributed by atoms with Crippen molar-refractivity contribution in [3.05, 3.63) is 41.9 Å². The molecule has 0 aliphatic heterocycles. The number of rotatable bonds is 6. The molecule has 0 saturated carbocycles. The fraction of sp³-hybridized carbons (Fsp3) is 0.429. The lowest BCUT2D eigenvalue weighted by Gasteiger charge is -2.09. The predicted octanol–water partition coefficient (Wildman–Crippen LogP) is 2.17. The predicted molar refractivity (Wildman–Crippen MR) is 72.0 cm³/mol. The van der Waals surface area contributed by atoms with Crippen molar-refractivity contribution in [3.63, 3.8) is 0 Å². The second-order valence-electron chi connectivity index (χ2n) is 4.49. The molecule has 0 bridgehead atoms. The third-order valence-corrected chi connectivity index (χ3v) is 3.00. The smallest absolute Gasteiger partial charge is 0.254 e. The molecule has 102 valence electrons. The van der Waals surface area contributed by atoms with Gasteiger partial charge in [0.1, 0.15) is 12.1 Å². The fourth-order valence-electron chi connectivity index (χ4n) is 2.02. The van der Waals surface area contributed by atoms with Gasteiger partial charge in [0.15, 0.2) is 0 Å². The second kappa shape index (κ2) is 6.22. The summed E-state index contributed by atoms with van der Waals surface area (Å²) in [5, 5.41) is 2.86. The minimum atomic E-state index is -0.112. The number of imidazole rings is 1. The van der Waals surface area contributed by atoms with Gasteiger partial charge in [-0.25, -0.2) is 4.98 Å². The van der Waals surface area contributed by atoms with E-state index in [1.54, 1.807) is 6.07 Å². The van der Waals surface area contributed by atoms with E-state index in [1.807, 2.05) is 6.20 Å². The minimum Gasteiger partial charge on any atom is -0.472 e. The summed E-state index contributed by atoms with van der Waals surface area (Å²) in [6.07, 6.45) is 6.62. The van der Waals surface area contributed by atoms with Crippen molar-refractivity contribution >= 4 is 5.91 Å². The third-order valence-electron chi connectivity index (χ3n) is 3.00. The molecule has 0 unspecified atom stereocenters. The monoisotopic (exact) mass is 261 g/mol. The quantitative estimate of drug-likeness (QED) is 0.867. The summed E-state index contributed by atoms with van der Waals surface area (Å²) in [5.41, 5.74) is 1.71. The Hall–Kier alpha value is -2.04. The maximum Gasteiger partial charge on any atom is 0.254 e. The lowest BCUT2D eigenvalue weighted by molar-refractivity contribution is 0.0953. The normalized spacial score (nSPS) is 10.6. The molecular weight excluding hydrogens is 242 g/mol. The summed E-state index contributed by atoms with van der Waals surface area (Å²) in [5.74, 6) is 0.908. The highest BCUT2D eigenvalue weighted by atomic mass is 16.3. The zero-order valence-electron chi connectivity index (χ0n) is 11.3. The fourth-order valence-corrected chi connectivity index (χ4v) is 2.02. The number of carbonyl (C=O) groups excluding carboxylic acids is 1. The minimum absolute atomic E-state index is 0.112. The van der Waals surface area contributed by atoms with Gasteiger partial charge in [-0.1, -0.05) is 6.92 Å². The first-order valence-corrected chi connectivity index (χ1v) is 6.53. The number of furan rings is 1. The van der Waals surface area contributed by atoms with E-state index >= 15 is 0 Å². The van der Waals surface area contributed by atoms with Crippen molar-refractivity contribution in [1.29, 1.82) is 0 Å². The molecule has 0 spiro atoms. The van der Waals surface area contributed by atoms with Crippen LogP contribution in [0.4, 0.5) is 0 Å². The molecule has 2 rings (SSSR count). The molecule has 2 aromatic heterocycles. The molecule has 19 heavy (non-hydrogen) atoms. The zero-order valence-corrected chi connectivity index (χ0v) is 11.3. The molecule has 0 aliphatic rings. The van der Waals surface area contributed by atoms with Crippen molar-refractivity contribution in [2.75, 3.05) is 6.54 Å². The highest BCUT2D eigenvalue weighted by Gasteiger charge is 2.08. The van der Waals surface area contributed by atoms with Gasteiger partial charge in [-0.05, 0) is 19.4 Å². The van der Waals surface area contributed by atoms with Gasteiger partial charge < -0.3 is 14.3 Å². The van der Waals surface area contributed by atoms with Crippen LogP contribution in [-0.4, -0.2) is 22.0 Å². The lowest BCUT2D eigenvalue weighted by atomic mass is 10.3. The van der Waals surface area contributed by atoms with Gasteiger partial charge in [-0.3, -0.25) is 4.79 Å². The standard InChI is InChI=1S/C14H19N3O2/c1-3-7-17-11(2)9-16-13(17)4-6-15-14(18)12-5-8-19-10-12/h5,8-10H,3-4,6-7H2,1-2H3,(H,15,18). The van der Waals surface area contributed by atoms with E-state index in [0.29, 0.717) is 12.1 Å². The van der Waals surface area contributed by atoms with Crippen LogP contribution in [0.5, 0.6) is 0 Å². The van der Waals surface area contributed by atoms with Crippen LogP contribution in [0.25, 0.3) is 0 Å². The van der Waals surface area contributed by atoms with Gasteiger partial charge in [-0.15, -0.1) is 0 Å². The number of hydrogen-bond donors (Lipinski definition) is 1. The van der Waals surface area contributed by atoms with Crippen LogP contribution in [0, 0.1) is 6.92 Å². The average Bonchev–Trinajstić information content (AvgIpc) is 3.03. The van der Waals surface area contributed by atoms with Crippen LogP contribution >= 0.6 is 0 Å². The van der Waals surface area contributed by atoms with E-state index in [9.17, 15) is 4.79 Å². The first kappa shape index (κ1) is 13.4. The van der Waals surface area contributed by atoms with Crippen molar-refractivity contribution in [2.45, 2.75) is 33.2 Å². The SMILES string of the molecule is CCCn1c(C)cnc1CCNC(=O)c1ccoc1. The third kappa shape index (κ3) is 3.24. The lowest BCUT2D eigenvalue weighted by Crippen LogP contribution is -2.26. The Morgan fingerprint density at radius 2 is 2.37 bits per heavy atom. The molecule has 0 aliphatic carbocycles. The highest BCUT2D eigenvalue weighted by molar-refractivity contribution is 5.93. The topological polar surface area (TPSA) is 60.1 Å². The molecule has 0 atom stereocenters. The Kier molecular flexibility index (Phi) is 4.39. The van der Waals surface area contributed by atoms with Crippen LogP contribution in [0.15, 0.2) is 29.2 Å². The number of hydrogen-bond acceptors (Lipinski definition) is 3. The van der Waals surface area contributed by atoms with Crippen molar-refractivity contribution in [2.24, 2.45) is 0 Å². The molecule has 0 saturated heterocycles.